The second-order valence-corrected chi connectivity index (χ2v) is 7.05. The molecule has 154 valence electrons. The lowest BCUT2D eigenvalue weighted by Crippen LogP contribution is -2.32. The molecule has 0 saturated carbocycles. The highest BCUT2D eigenvalue weighted by Crippen LogP contribution is 2.19. The van der Waals surface area contributed by atoms with Crippen molar-refractivity contribution in [1.82, 2.24) is 5.32 Å². The van der Waals surface area contributed by atoms with Crippen LogP contribution in [0.15, 0.2) is 84.9 Å². The molecule has 2 amide bonds. The van der Waals surface area contributed by atoms with Crippen LogP contribution < -0.4 is 16.0 Å². The van der Waals surface area contributed by atoms with Crippen LogP contribution in [0.2, 0.25) is 0 Å². The van der Waals surface area contributed by atoms with Crippen molar-refractivity contribution in [3.63, 3.8) is 0 Å². The molecule has 0 aliphatic heterocycles. The van der Waals surface area contributed by atoms with Gasteiger partial charge in [-0.1, -0.05) is 74.0 Å². The van der Waals surface area contributed by atoms with E-state index in [9.17, 15) is 9.59 Å². The van der Waals surface area contributed by atoms with Gasteiger partial charge in [-0.05, 0) is 36.2 Å². The number of anilines is 2. The Balaban J connectivity index is 1.63. The average molecular weight is 402 g/mol. The molecule has 3 N–H and O–H groups in total. The first-order valence-corrected chi connectivity index (χ1v) is 10.2. The number of para-hydroxylation sites is 2. The van der Waals surface area contributed by atoms with Crippen LogP contribution in [0.3, 0.4) is 0 Å². The minimum absolute atomic E-state index is 0.110. The Hall–Kier alpha value is -3.44. The van der Waals surface area contributed by atoms with Gasteiger partial charge < -0.3 is 16.0 Å². The SMILES string of the molecule is CCC[C@@H](NCC(=O)Nc1ccccc1C(=O)Nc1ccccc1)c1ccccc1. The maximum Gasteiger partial charge on any atom is 0.257 e. The first-order chi connectivity index (χ1) is 14.7. The lowest BCUT2D eigenvalue weighted by atomic mass is 10.0. The van der Waals surface area contributed by atoms with Crippen molar-refractivity contribution in [2.45, 2.75) is 25.8 Å². The molecule has 0 saturated heterocycles. The van der Waals surface area contributed by atoms with E-state index in [0.717, 1.165) is 18.4 Å². The molecule has 0 spiro atoms. The molecule has 0 bridgehead atoms. The van der Waals surface area contributed by atoms with Gasteiger partial charge in [0.15, 0.2) is 0 Å². The minimum atomic E-state index is -0.266. The van der Waals surface area contributed by atoms with Gasteiger partial charge in [-0.3, -0.25) is 9.59 Å². The lowest BCUT2D eigenvalue weighted by Gasteiger charge is -2.19. The molecule has 3 aromatic carbocycles. The normalized spacial score (nSPS) is 11.5. The Labute approximate surface area is 177 Å². The lowest BCUT2D eigenvalue weighted by molar-refractivity contribution is -0.115. The summed E-state index contributed by atoms with van der Waals surface area (Å²) in [5, 5.41) is 9.05. The molecule has 5 heteroatoms. The number of hydrogen-bond donors (Lipinski definition) is 3. The van der Waals surface area contributed by atoms with Crippen molar-refractivity contribution >= 4 is 23.2 Å². The monoisotopic (exact) mass is 401 g/mol. The van der Waals surface area contributed by atoms with Crippen molar-refractivity contribution in [3.05, 3.63) is 96.1 Å². The fraction of sp³-hybridized carbons (Fsp3) is 0.200. The molecular weight excluding hydrogens is 374 g/mol. The Kier molecular flexibility index (Phi) is 7.75. The Morgan fingerprint density at radius 3 is 2.13 bits per heavy atom. The predicted octanol–water partition coefficient (Wildman–Crippen LogP) is 5.01. The summed E-state index contributed by atoms with van der Waals surface area (Å²) in [7, 11) is 0. The number of rotatable bonds is 9. The van der Waals surface area contributed by atoms with Crippen molar-refractivity contribution in [1.29, 1.82) is 0 Å². The first-order valence-electron chi connectivity index (χ1n) is 10.2. The van der Waals surface area contributed by atoms with Gasteiger partial charge in [0.1, 0.15) is 0 Å². The zero-order chi connectivity index (χ0) is 21.2. The maximum atomic E-state index is 12.7. The van der Waals surface area contributed by atoms with E-state index in [-0.39, 0.29) is 24.4 Å². The third-order valence-electron chi connectivity index (χ3n) is 4.77. The Bertz CT molecular complexity index is 958. The molecule has 30 heavy (non-hydrogen) atoms. The summed E-state index contributed by atoms with van der Waals surface area (Å²) >= 11 is 0. The number of amides is 2. The van der Waals surface area contributed by atoms with E-state index in [2.05, 4.69) is 35.0 Å². The largest absolute Gasteiger partial charge is 0.324 e. The molecule has 0 radical (unpaired) electrons. The van der Waals surface area contributed by atoms with E-state index in [1.54, 1.807) is 24.3 Å². The third-order valence-corrected chi connectivity index (χ3v) is 4.77. The highest BCUT2D eigenvalue weighted by atomic mass is 16.2. The topological polar surface area (TPSA) is 70.2 Å². The second kappa shape index (κ2) is 10.9. The van der Waals surface area contributed by atoms with Gasteiger partial charge in [0.25, 0.3) is 5.91 Å². The number of hydrogen-bond acceptors (Lipinski definition) is 3. The van der Waals surface area contributed by atoms with Gasteiger partial charge in [-0.2, -0.15) is 0 Å². The quantitative estimate of drug-likeness (QED) is 0.472. The first kappa shape index (κ1) is 21.3. The zero-order valence-corrected chi connectivity index (χ0v) is 17.1. The van der Waals surface area contributed by atoms with Crippen molar-refractivity contribution in [2.75, 3.05) is 17.2 Å². The second-order valence-electron chi connectivity index (χ2n) is 7.05. The highest BCUT2D eigenvalue weighted by molar-refractivity contribution is 6.10. The Morgan fingerprint density at radius 1 is 0.800 bits per heavy atom. The van der Waals surface area contributed by atoms with Gasteiger partial charge in [-0.15, -0.1) is 0 Å². The van der Waals surface area contributed by atoms with Crippen LogP contribution >= 0.6 is 0 Å². The summed E-state index contributed by atoms with van der Waals surface area (Å²) in [5.41, 5.74) is 2.78. The van der Waals surface area contributed by atoms with Crippen LogP contribution in [-0.2, 0) is 4.79 Å². The van der Waals surface area contributed by atoms with Gasteiger partial charge >= 0.3 is 0 Å². The van der Waals surface area contributed by atoms with Crippen molar-refractivity contribution in [2.24, 2.45) is 0 Å². The van der Waals surface area contributed by atoms with Crippen molar-refractivity contribution in [3.8, 4) is 0 Å². The Morgan fingerprint density at radius 2 is 1.43 bits per heavy atom. The molecule has 0 aromatic heterocycles. The maximum absolute atomic E-state index is 12.7. The molecule has 5 nitrogen and oxygen atoms in total. The predicted molar refractivity (Wildman–Crippen MR) is 122 cm³/mol. The van der Waals surface area contributed by atoms with Crippen LogP contribution in [0.5, 0.6) is 0 Å². The molecule has 3 aromatic rings. The van der Waals surface area contributed by atoms with Crippen molar-refractivity contribution < 1.29 is 9.59 Å². The molecule has 0 fully saturated rings. The zero-order valence-electron chi connectivity index (χ0n) is 17.1. The molecule has 0 heterocycles. The van der Waals surface area contributed by atoms with Crippen LogP contribution in [0.1, 0.15) is 41.7 Å². The summed E-state index contributed by atoms with van der Waals surface area (Å²) in [6, 6.07) is 26.5. The smallest absolute Gasteiger partial charge is 0.257 e. The highest BCUT2D eigenvalue weighted by Gasteiger charge is 2.15. The molecule has 0 unspecified atom stereocenters. The number of carbonyl (C=O) groups excluding carboxylic acids is 2. The average Bonchev–Trinajstić information content (AvgIpc) is 2.78. The van der Waals surface area contributed by atoms with Crippen LogP contribution in [0.25, 0.3) is 0 Å². The molecular formula is C25H27N3O2. The minimum Gasteiger partial charge on any atom is -0.324 e. The van der Waals surface area contributed by atoms with Gasteiger partial charge in [0.05, 0.1) is 17.8 Å². The van der Waals surface area contributed by atoms with Gasteiger partial charge in [0.2, 0.25) is 5.91 Å². The van der Waals surface area contributed by atoms with Gasteiger partial charge in [0, 0.05) is 11.7 Å². The number of benzene rings is 3. The molecule has 0 aliphatic rings. The summed E-state index contributed by atoms with van der Waals surface area (Å²) in [6.45, 7) is 2.29. The van der Waals surface area contributed by atoms with Crippen LogP contribution in [0.4, 0.5) is 11.4 Å². The van der Waals surface area contributed by atoms with Gasteiger partial charge in [-0.25, -0.2) is 0 Å². The van der Waals surface area contributed by atoms with Crippen LogP contribution in [-0.4, -0.2) is 18.4 Å². The van der Waals surface area contributed by atoms with E-state index in [1.165, 1.54) is 0 Å². The van der Waals surface area contributed by atoms with E-state index in [4.69, 9.17) is 0 Å². The molecule has 3 rings (SSSR count). The van der Waals surface area contributed by atoms with E-state index >= 15 is 0 Å². The standard InChI is InChI=1S/C25H27N3O2/c1-2-11-22(19-12-5-3-6-13-19)26-18-24(29)28-23-17-10-9-16-21(23)25(30)27-20-14-7-4-8-15-20/h3-10,12-17,22,26H,2,11,18H2,1H3,(H,27,30)(H,28,29)/t22-/m1/s1. The van der Waals surface area contributed by atoms with E-state index in [1.807, 2.05) is 48.5 Å². The molecule has 1 atom stereocenters. The summed E-state index contributed by atoms with van der Waals surface area (Å²) in [6.07, 6.45) is 1.95. The third kappa shape index (κ3) is 6.03. The van der Waals surface area contributed by atoms with Crippen LogP contribution in [0, 0.1) is 0 Å². The fourth-order valence-electron chi connectivity index (χ4n) is 3.28. The number of carbonyl (C=O) groups is 2. The number of nitrogens with one attached hydrogen (secondary N) is 3. The van der Waals surface area contributed by atoms with E-state index < -0.39 is 0 Å². The summed E-state index contributed by atoms with van der Waals surface area (Å²) in [4.78, 5) is 25.3. The summed E-state index contributed by atoms with van der Waals surface area (Å²) in [5.74, 6) is -0.454. The fourth-order valence-corrected chi connectivity index (χ4v) is 3.28. The molecule has 0 aliphatic carbocycles. The van der Waals surface area contributed by atoms with E-state index in [0.29, 0.717) is 16.9 Å². The summed E-state index contributed by atoms with van der Waals surface area (Å²) < 4.78 is 0.